The molecule has 0 saturated carbocycles. The molecule has 1 N–H and O–H groups in total. The number of esters is 1. The molecule has 0 saturated heterocycles. The van der Waals surface area contributed by atoms with E-state index in [0.717, 1.165) is 27.8 Å². The molecule has 1 aromatic carbocycles. The van der Waals surface area contributed by atoms with Gasteiger partial charge in [-0.05, 0) is 25.1 Å². The number of nitrogens with zero attached hydrogens (tertiary/aromatic N) is 4. The number of hydrogen-bond acceptors (Lipinski definition) is 5. The van der Waals surface area contributed by atoms with Crippen molar-refractivity contribution in [1.29, 1.82) is 0 Å². The average Bonchev–Trinajstić information content (AvgIpc) is 3.29. The van der Waals surface area contributed by atoms with E-state index in [4.69, 9.17) is 4.74 Å². The molecule has 4 aromatic rings. The van der Waals surface area contributed by atoms with Gasteiger partial charge in [0.15, 0.2) is 5.69 Å². The fourth-order valence-corrected chi connectivity index (χ4v) is 2.55. The second-order valence-electron chi connectivity index (χ2n) is 5.69. The summed E-state index contributed by atoms with van der Waals surface area (Å²) in [5.74, 6) is 0.289. The number of nitrogens with one attached hydrogen (secondary N) is 1. The van der Waals surface area contributed by atoms with Gasteiger partial charge >= 0.3 is 5.97 Å². The lowest BCUT2D eigenvalue weighted by atomic mass is 10.1. The van der Waals surface area contributed by atoms with Gasteiger partial charge in [0, 0.05) is 29.5 Å². The number of aromatic nitrogens is 5. The molecule has 0 fully saturated rings. The summed E-state index contributed by atoms with van der Waals surface area (Å²) in [5, 5.41) is 7.68. The van der Waals surface area contributed by atoms with Gasteiger partial charge in [-0.3, -0.25) is 9.67 Å². The molecule has 4 rings (SSSR count). The van der Waals surface area contributed by atoms with E-state index in [-0.39, 0.29) is 6.61 Å². The molecule has 0 bridgehead atoms. The Morgan fingerprint density at radius 1 is 1.28 bits per heavy atom. The number of hydrogen-bond donors (Lipinski definition) is 1. The Labute approximate surface area is 143 Å². The minimum Gasteiger partial charge on any atom is -0.456 e. The molecule has 3 heterocycles. The molecular weight excluding hydrogens is 318 g/mol. The normalized spacial score (nSPS) is 10.9. The Hall–Kier alpha value is -3.48. The molecule has 7 heteroatoms. The van der Waals surface area contributed by atoms with Gasteiger partial charge in [-0.25, -0.2) is 14.8 Å². The summed E-state index contributed by atoms with van der Waals surface area (Å²) in [7, 11) is 0. The third-order valence-electron chi connectivity index (χ3n) is 3.86. The number of fused-ring (bicyclic) bond motifs is 1. The van der Waals surface area contributed by atoms with Gasteiger partial charge in [0.1, 0.15) is 18.8 Å². The number of imidazole rings is 1. The Bertz CT molecular complexity index is 1020. The lowest BCUT2D eigenvalue weighted by Crippen LogP contribution is -2.07. The minimum atomic E-state index is -0.462. The zero-order valence-corrected chi connectivity index (χ0v) is 13.5. The van der Waals surface area contributed by atoms with Crippen molar-refractivity contribution in [3.63, 3.8) is 0 Å². The summed E-state index contributed by atoms with van der Waals surface area (Å²) in [5.41, 5.74) is 2.96. The number of benzene rings is 1. The van der Waals surface area contributed by atoms with Crippen LogP contribution in [-0.2, 0) is 11.3 Å². The first-order valence-corrected chi connectivity index (χ1v) is 7.76. The number of H-pyrrole nitrogens is 1. The maximum Gasteiger partial charge on any atom is 0.359 e. The van der Waals surface area contributed by atoms with Crippen LogP contribution in [-0.4, -0.2) is 30.7 Å². The summed E-state index contributed by atoms with van der Waals surface area (Å²) in [6.45, 7) is 2.10. The van der Waals surface area contributed by atoms with E-state index in [9.17, 15) is 4.79 Å². The molecule has 0 unspecified atom stereocenters. The molecule has 0 aliphatic heterocycles. The van der Waals surface area contributed by atoms with Gasteiger partial charge in [-0.1, -0.05) is 17.7 Å². The predicted octanol–water partition coefficient (Wildman–Crippen LogP) is 2.81. The first-order valence-electron chi connectivity index (χ1n) is 7.76. The van der Waals surface area contributed by atoms with Gasteiger partial charge in [0.25, 0.3) is 0 Å². The molecule has 0 atom stereocenters. The molecule has 0 radical (unpaired) electrons. The monoisotopic (exact) mass is 333 g/mol. The smallest absolute Gasteiger partial charge is 0.359 e. The van der Waals surface area contributed by atoms with E-state index >= 15 is 0 Å². The summed E-state index contributed by atoms with van der Waals surface area (Å²) >= 11 is 0. The van der Waals surface area contributed by atoms with Gasteiger partial charge in [0.2, 0.25) is 0 Å². The molecule has 0 aliphatic carbocycles. The highest BCUT2D eigenvalue weighted by Gasteiger charge is 2.16. The van der Waals surface area contributed by atoms with Gasteiger partial charge < -0.3 is 4.74 Å². The first-order chi connectivity index (χ1) is 12.2. The Morgan fingerprint density at radius 3 is 2.96 bits per heavy atom. The maximum absolute atomic E-state index is 12.3. The number of aromatic amines is 1. The van der Waals surface area contributed by atoms with Crippen molar-refractivity contribution >= 4 is 16.9 Å². The van der Waals surface area contributed by atoms with Crippen LogP contribution in [0.4, 0.5) is 0 Å². The van der Waals surface area contributed by atoms with Crippen LogP contribution in [0.2, 0.25) is 0 Å². The highest BCUT2D eigenvalue weighted by atomic mass is 16.5. The third kappa shape index (κ3) is 2.99. The predicted molar refractivity (Wildman–Crippen MR) is 91.3 cm³/mol. The van der Waals surface area contributed by atoms with Crippen molar-refractivity contribution < 1.29 is 9.53 Å². The molecule has 0 amide bonds. The molecule has 25 heavy (non-hydrogen) atoms. The van der Waals surface area contributed by atoms with Crippen molar-refractivity contribution in [3.8, 4) is 5.82 Å². The van der Waals surface area contributed by atoms with E-state index in [1.54, 1.807) is 23.3 Å². The van der Waals surface area contributed by atoms with Crippen LogP contribution in [0.3, 0.4) is 0 Å². The number of carbonyl (C=O) groups is 1. The maximum atomic E-state index is 12.3. The second kappa shape index (κ2) is 6.20. The summed E-state index contributed by atoms with van der Waals surface area (Å²) < 4.78 is 7.17. The lowest BCUT2D eigenvalue weighted by molar-refractivity contribution is 0.0467. The second-order valence-corrected chi connectivity index (χ2v) is 5.69. The van der Waals surface area contributed by atoms with Gasteiger partial charge in [-0.15, -0.1) is 0 Å². The van der Waals surface area contributed by atoms with Gasteiger partial charge in [-0.2, -0.15) is 5.10 Å². The van der Waals surface area contributed by atoms with Crippen molar-refractivity contribution in [1.82, 2.24) is 24.7 Å². The van der Waals surface area contributed by atoms with E-state index in [0.29, 0.717) is 5.69 Å². The highest BCUT2D eigenvalue weighted by Crippen LogP contribution is 2.18. The molecule has 7 nitrogen and oxygen atoms in total. The SMILES string of the molecule is Cc1ccc2[nH]nc(C(=O)OCc3ccc(-n4ccnc4)nc3)c2c1. The fraction of sp³-hybridized carbons (Fsp3) is 0.111. The number of carbonyl (C=O) groups excluding carboxylic acids is 1. The topological polar surface area (TPSA) is 85.7 Å². The standard InChI is InChI=1S/C18H15N5O2/c1-12-2-4-15-14(8-12)17(22-21-15)18(24)25-10-13-3-5-16(20-9-13)23-7-6-19-11-23/h2-9,11H,10H2,1H3,(H,21,22). The number of pyridine rings is 1. The highest BCUT2D eigenvalue weighted by molar-refractivity contribution is 6.02. The Morgan fingerprint density at radius 2 is 2.20 bits per heavy atom. The van der Waals surface area contributed by atoms with Gasteiger partial charge in [0.05, 0.1) is 5.52 Å². The molecule has 124 valence electrons. The van der Waals surface area contributed by atoms with Crippen LogP contribution < -0.4 is 0 Å². The van der Waals surface area contributed by atoms with Crippen molar-refractivity contribution in [2.75, 3.05) is 0 Å². The third-order valence-corrected chi connectivity index (χ3v) is 3.86. The average molecular weight is 333 g/mol. The number of aryl methyl sites for hydroxylation is 1. The summed E-state index contributed by atoms with van der Waals surface area (Å²) in [6.07, 6.45) is 6.85. The van der Waals surface area contributed by atoms with E-state index in [1.807, 2.05) is 43.5 Å². The van der Waals surface area contributed by atoms with E-state index in [1.165, 1.54) is 0 Å². The van der Waals surface area contributed by atoms with E-state index in [2.05, 4.69) is 20.2 Å². The first kappa shape index (κ1) is 15.1. The minimum absolute atomic E-state index is 0.135. The fourth-order valence-electron chi connectivity index (χ4n) is 2.55. The van der Waals surface area contributed by atoms with Crippen LogP contribution in [0.25, 0.3) is 16.7 Å². The Kier molecular flexibility index (Phi) is 3.74. The summed E-state index contributed by atoms with van der Waals surface area (Å²) in [6, 6.07) is 9.48. The van der Waals surface area contributed by atoms with Crippen LogP contribution in [0.15, 0.2) is 55.2 Å². The van der Waals surface area contributed by atoms with Crippen LogP contribution in [0.1, 0.15) is 21.6 Å². The summed E-state index contributed by atoms with van der Waals surface area (Å²) in [4.78, 5) is 20.6. The van der Waals surface area contributed by atoms with Crippen LogP contribution in [0, 0.1) is 6.92 Å². The molecular formula is C18H15N5O2. The Balaban J connectivity index is 1.47. The van der Waals surface area contributed by atoms with Crippen LogP contribution >= 0.6 is 0 Å². The number of rotatable bonds is 4. The largest absolute Gasteiger partial charge is 0.456 e. The zero-order chi connectivity index (χ0) is 17.2. The molecule has 0 spiro atoms. The van der Waals surface area contributed by atoms with E-state index < -0.39 is 5.97 Å². The molecule has 3 aromatic heterocycles. The van der Waals surface area contributed by atoms with Crippen molar-refractivity contribution in [2.24, 2.45) is 0 Å². The van der Waals surface area contributed by atoms with Crippen LogP contribution in [0.5, 0.6) is 0 Å². The quantitative estimate of drug-likeness (QED) is 0.580. The number of ether oxygens (including phenoxy) is 1. The zero-order valence-electron chi connectivity index (χ0n) is 13.5. The lowest BCUT2D eigenvalue weighted by Gasteiger charge is -2.05. The van der Waals surface area contributed by atoms with Crippen molar-refractivity contribution in [3.05, 3.63) is 72.1 Å². The van der Waals surface area contributed by atoms with Crippen molar-refractivity contribution in [2.45, 2.75) is 13.5 Å². The molecule has 0 aliphatic rings.